The summed E-state index contributed by atoms with van der Waals surface area (Å²) in [5, 5.41) is 8.67. The highest BCUT2D eigenvalue weighted by Gasteiger charge is 2.18. The molecule has 0 amide bonds. The van der Waals surface area contributed by atoms with Crippen molar-refractivity contribution in [2.75, 3.05) is 19.8 Å². The summed E-state index contributed by atoms with van der Waals surface area (Å²) in [6.45, 7) is 5.14. The molecule has 0 aromatic rings. The highest BCUT2D eigenvalue weighted by atomic mass is 16.5. The second-order valence-corrected chi connectivity index (χ2v) is 2.83. The van der Waals surface area contributed by atoms with Crippen LogP contribution in [0.15, 0.2) is 0 Å². The predicted molar refractivity (Wildman–Crippen MR) is 51.5 cm³/mol. The number of nitriles is 1. The zero-order valence-corrected chi connectivity index (χ0v) is 8.78. The maximum atomic E-state index is 11.1. The van der Waals surface area contributed by atoms with Crippen molar-refractivity contribution < 1.29 is 14.3 Å². The van der Waals surface area contributed by atoms with E-state index in [4.69, 9.17) is 14.7 Å². The summed E-state index contributed by atoms with van der Waals surface area (Å²) in [5.41, 5.74) is 0. The highest BCUT2D eigenvalue weighted by Crippen LogP contribution is 2.04. The Balaban J connectivity index is 3.69. The zero-order chi connectivity index (χ0) is 10.8. The fourth-order valence-corrected chi connectivity index (χ4v) is 0.926. The summed E-state index contributed by atoms with van der Waals surface area (Å²) >= 11 is 0. The van der Waals surface area contributed by atoms with E-state index in [2.05, 4.69) is 0 Å². The fraction of sp³-hybridized carbons (Fsp3) is 0.800. The van der Waals surface area contributed by atoms with Crippen LogP contribution in [0.5, 0.6) is 0 Å². The van der Waals surface area contributed by atoms with Crippen LogP contribution in [0.1, 0.15) is 26.7 Å². The second-order valence-electron chi connectivity index (χ2n) is 2.83. The summed E-state index contributed by atoms with van der Waals surface area (Å²) < 4.78 is 9.92. The van der Waals surface area contributed by atoms with Crippen molar-refractivity contribution in [1.82, 2.24) is 0 Å². The predicted octanol–water partition coefficient (Wildman–Crippen LogP) is 1.51. The van der Waals surface area contributed by atoms with Gasteiger partial charge in [0.25, 0.3) is 0 Å². The van der Waals surface area contributed by atoms with E-state index >= 15 is 0 Å². The van der Waals surface area contributed by atoms with Crippen LogP contribution < -0.4 is 0 Å². The van der Waals surface area contributed by atoms with Gasteiger partial charge in [-0.2, -0.15) is 5.26 Å². The van der Waals surface area contributed by atoms with Gasteiger partial charge in [0.2, 0.25) is 0 Å². The van der Waals surface area contributed by atoms with Gasteiger partial charge >= 0.3 is 5.97 Å². The van der Waals surface area contributed by atoms with Crippen LogP contribution in [0.3, 0.4) is 0 Å². The summed E-state index contributed by atoms with van der Waals surface area (Å²) in [6, 6.07) is 1.91. The fourth-order valence-electron chi connectivity index (χ4n) is 0.926. The Hall–Kier alpha value is -1.08. The van der Waals surface area contributed by atoms with E-state index in [1.807, 2.05) is 13.0 Å². The van der Waals surface area contributed by atoms with Crippen molar-refractivity contribution in [3.63, 3.8) is 0 Å². The molecule has 0 aliphatic rings. The van der Waals surface area contributed by atoms with E-state index in [9.17, 15) is 4.79 Å². The van der Waals surface area contributed by atoms with Gasteiger partial charge in [-0.25, -0.2) is 0 Å². The summed E-state index contributed by atoms with van der Waals surface area (Å²) in [4.78, 5) is 11.1. The van der Waals surface area contributed by atoms with Crippen LogP contribution in [-0.4, -0.2) is 25.8 Å². The molecule has 0 aliphatic carbocycles. The minimum atomic E-state index is -0.688. The standard InChI is InChI=1S/C10H17NO3/c1-3-6-13-7-5-9(8-11)10(12)14-4-2/h9H,3-7H2,1-2H3. The van der Waals surface area contributed by atoms with Crippen LogP contribution in [0.4, 0.5) is 0 Å². The molecule has 0 saturated heterocycles. The molecule has 0 N–H and O–H groups in total. The number of nitrogens with zero attached hydrogens (tertiary/aromatic N) is 1. The van der Waals surface area contributed by atoms with Gasteiger partial charge < -0.3 is 9.47 Å². The molecule has 0 rings (SSSR count). The van der Waals surface area contributed by atoms with Gasteiger partial charge in [0, 0.05) is 13.2 Å². The number of ether oxygens (including phenoxy) is 2. The number of carbonyl (C=O) groups excluding carboxylic acids is 1. The Morgan fingerprint density at radius 3 is 2.64 bits per heavy atom. The number of carbonyl (C=O) groups is 1. The maximum absolute atomic E-state index is 11.1. The molecule has 0 saturated carbocycles. The van der Waals surface area contributed by atoms with E-state index < -0.39 is 11.9 Å². The molecule has 0 radical (unpaired) electrons. The molecule has 4 nitrogen and oxygen atoms in total. The lowest BCUT2D eigenvalue weighted by molar-refractivity contribution is -0.146. The lowest BCUT2D eigenvalue weighted by atomic mass is 10.1. The molecular formula is C10H17NO3. The molecule has 14 heavy (non-hydrogen) atoms. The average Bonchev–Trinajstić information content (AvgIpc) is 2.18. The Morgan fingerprint density at radius 2 is 2.14 bits per heavy atom. The SMILES string of the molecule is CCCOCCC(C#N)C(=O)OCC. The molecule has 4 heteroatoms. The minimum Gasteiger partial charge on any atom is -0.465 e. The maximum Gasteiger partial charge on any atom is 0.323 e. The van der Waals surface area contributed by atoms with E-state index in [1.54, 1.807) is 6.92 Å². The topological polar surface area (TPSA) is 59.3 Å². The van der Waals surface area contributed by atoms with Gasteiger partial charge in [-0.1, -0.05) is 6.92 Å². The first-order chi connectivity index (χ1) is 6.76. The van der Waals surface area contributed by atoms with Crippen LogP contribution in [0.2, 0.25) is 0 Å². The Labute approximate surface area is 84.8 Å². The van der Waals surface area contributed by atoms with Gasteiger partial charge in [-0.3, -0.25) is 4.79 Å². The normalized spacial score (nSPS) is 11.8. The molecule has 1 atom stereocenters. The van der Waals surface area contributed by atoms with Gasteiger partial charge in [0.05, 0.1) is 12.7 Å². The Bertz CT molecular complexity index is 198. The monoisotopic (exact) mass is 199 g/mol. The lowest BCUT2D eigenvalue weighted by Gasteiger charge is -2.07. The zero-order valence-electron chi connectivity index (χ0n) is 8.78. The van der Waals surface area contributed by atoms with E-state index in [0.29, 0.717) is 26.2 Å². The van der Waals surface area contributed by atoms with E-state index in [1.165, 1.54) is 0 Å². The van der Waals surface area contributed by atoms with Crippen LogP contribution in [-0.2, 0) is 14.3 Å². The van der Waals surface area contributed by atoms with Gasteiger partial charge in [0.1, 0.15) is 5.92 Å². The van der Waals surface area contributed by atoms with Crippen molar-refractivity contribution in [3.05, 3.63) is 0 Å². The first-order valence-corrected chi connectivity index (χ1v) is 4.90. The Morgan fingerprint density at radius 1 is 1.43 bits per heavy atom. The van der Waals surface area contributed by atoms with Gasteiger partial charge in [-0.15, -0.1) is 0 Å². The van der Waals surface area contributed by atoms with Crippen molar-refractivity contribution in [2.24, 2.45) is 5.92 Å². The second kappa shape index (κ2) is 8.52. The molecule has 0 aliphatic heterocycles. The molecule has 0 aromatic carbocycles. The Kier molecular flexibility index (Phi) is 7.86. The third kappa shape index (κ3) is 5.55. The van der Waals surface area contributed by atoms with Crippen LogP contribution in [0.25, 0.3) is 0 Å². The quantitative estimate of drug-likeness (QED) is 0.460. The number of hydrogen-bond acceptors (Lipinski definition) is 4. The first kappa shape index (κ1) is 12.9. The molecule has 0 aromatic heterocycles. The van der Waals surface area contributed by atoms with Gasteiger partial charge in [-0.05, 0) is 19.8 Å². The number of esters is 1. The van der Waals surface area contributed by atoms with Crippen molar-refractivity contribution >= 4 is 5.97 Å². The molecule has 0 bridgehead atoms. The van der Waals surface area contributed by atoms with Crippen LogP contribution in [0, 0.1) is 17.2 Å². The average molecular weight is 199 g/mol. The van der Waals surface area contributed by atoms with Crippen LogP contribution >= 0.6 is 0 Å². The lowest BCUT2D eigenvalue weighted by Crippen LogP contribution is -2.18. The summed E-state index contributed by atoms with van der Waals surface area (Å²) in [7, 11) is 0. The summed E-state index contributed by atoms with van der Waals surface area (Å²) in [5.74, 6) is -1.14. The molecule has 0 spiro atoms. The smallest absolute Gasteiger partial charge is 0.323 e. The van der Waals surface area contributed by atoms with Crippen molar-refractivity contribution in [3.8, 4) is 6.07 Å². The third-order valence-corrected chi connectivity index (χ3v) is 1.63. The van der Waals surface area contributed by atoms with Crippen molar-refractivity contribution in [1.29, 1.82) is 5.26 Å². The first-order valence-electron chi connectivity index (χ1n) is 4.90. The molecule has 0 heterocycles. The molecule has 1 unspecified atom stereocenters. The van der Waals surface area contributed by atoms with Gasteiger partial charge in [0.15, 0.2) is 0 Å². The minimum absolute atomic E-state index is 0.312. The third-order valence-electron chi connectivity index (χ3n) is 1.63. The summed E-state index contributed by atoms with van der Waals surface area (Å²) in [6.07, 6.45) is 1.35. The number of rotatable bonds is 7. The molecule has 80 valence electrons. The van der Waals surface area contributed by atoms with E-state index in [-0.39, 0.29) is 0 Å². The highest BCUT2D eigenvalue weighted by molar-refractivity contribution is 5.75. The number of hydrogen-bond donors (Lipinski definition) is 0. The largest absolute Gasteiger partial charge is 0.465 e. The van der Waals surface area contributed by atoms with Crippen molar-refractivity contribution in [2.45, 2.75) is 26.7 Å². The van der Waals surface area contributed by atoms with E-state index in [0.717, 1.165) is 6.42 Å². The molecular weight excluding hydrogens is 182 g/mol. The molecule has 0 fully saturated rings.